The third-order valence-electron chi connectivity index (χ3n) is 1.57. The zero-order chi connectivity index (χ0) is 9.84. The fourth-order valence-corrected chi connectivity index (χ4v) is 1.13. The highest BCUT2D eigenvalue weighted by Crippen LogP contribution is 2.18. The lowest BCUT2D eigenvalue weighted by Gasteiger charge is -1.97. The van der Waals surface area contributed by atoms with Crippen LogP contribution in [0.4, 0.5) is 5.69 Å². The fourth-order valence-electron chi connectivity index (χ4n) is 0.899. The van der Waals surface area contributed by atoms with E-state index in [4.69, 9.17) is 16.9 Å². The van der Waals surface area contributed by atoms with Gasteiger partial charge in [0.1, 0.15) is 0 Å². The number of halogens is 1. The van der Waals surface area contributed by atoms with Crippen molar-refractivity contribution in [3.63, 3.8) is 0 Å². The average Bonchev–Trinajstić information content (AvgIpc) is 2.16. The molecule has 0 fully saturated rings. The smallest absolute Gasteiger partial charge is 0.258 e. The van der Waals surface area contributed by atoms with Crippen molar-refractivity contribution in [1.82, 2.24) is 0 Å². The predicted molar refractivity (Wildman–Crippen MR) is 47.4 cm³/mol. The number of nitrogens with zero attached hydrogens (tertiary/aromatic N) is 2. The third-order valence-corrected chi connectivity index (χ3v) is 1.86. The van der Waals surface area contributed by atoms with Gasteiger partial charge in [-0.25, -0.2) is 0 Å². The van der Waals surface area contributed by atoms with Gasteiger partial charge in [0.15, 0.2) is 0 Å². The van der Waals surface area contributed by atoms with Gasteiger partial charge in [0, 0.05) is 18.0 Å². The molecule has 0 unspecified atom stereocenters. The molecule has 1 rings (SSSR count). The number of nitriles is 1. The van der Waals surface area contributed by atoms with Gasteiger partial charge in [-0.1, -0.05) is 0 Å². The number of hydrogen-bond acceptors (Lipinski definition) is 3. The maximum Gasteiger partial charge on any atom is 0.270 e. The molecule has 0 saturated carbocycles. The summed E-state index contributed by atoms with van der Waals surface area (Å²) in [4.78, 5) is 9.79. The van der Waals surface area contributed by atoms with Crippen molar-refractivity contribution in [3.8, 4) is 6.07 Å². The van der Waals surface area contributed by atoms with Gasteiger partial charge in [0.2, 0.25) is 0 Å². The summed E-state index contributed by atoms with van der Waals surface area (Å²) in [5, 5.41) is 19.0. The first-order valence-electron chi connectivity index (χ1n) is 3.42. The summed E-state index contributed by atoms with van der Waals surface area (Å²) < 4.78 is 0. The molecule has 66 valence electrons. The summed E-state index contributed by atoms with van der Waals surface area (Å²) in [6.45, 7) is 0. The number of benzene rings is 1. The molecule has 1 aromatic carbocycles. The molecule has 4 nitrogen and oxygen atoms in total. The number of nitro benzene ring substituents is 1. The van der Waals surface area contributed by atoms with Crippen LogP contribution in [0.25, 0.3) is 0 Å². The zero-order valence-electron chi connectivity index (χ0n) is 6.53. The number of hydrogen-bond donors (Lipinski definition) is 0. The predicted octanol–water partition coefficient (Wildman–Crippen LogP) is 2.21. The normalized spacial score (nSPS) is 9.23. The van der Waals surface area contributed by atoms with Gasteiger partial charge in [-0.2, -0.15) is 5.26 Å². The first kappa shape index (κ1) is 9.49. The second-order valence-electron chi connectivity index (χ2n) is 2.34. The van der Waals surface area contributed by atoms with Crippen molar-refractivity contribution < 1.29 is 4.92 Å². The van der Waals surface area contributed by atoms with Gasteiger partial charge >= 0.3 is 0 Å². The Balaban J connectivity index is 3.23. The molecule has 1 aromatic rings. The number of rotatable bonds is 2. The van der Waals surface area contributed by atoms with E-state index >= 15 is 0 Å². The van der Waals surface area contributed by atoms with Gasteiger partial charge < -0.3 is 0 Å². The van der Waals surface area contributed by atoms with Gasteiger partial charge in [-0.3, -0.25) is 10.1 Å². The average molecular weight is 197 g/mol. The second-order valence-corrected chi connectivity index (χ2v) is 2.61. The molecule has 0 aliphatic rings. The summed E-state index contributed by atoms with van der Waals surface area (Å²) in [5.41, 5.74) is 0.768. The summed E-state index contributed by atoms with van der Waals surface area (Å²) >= 11 is 5.52. The third kappa shape index (κ3) is 1.95. The lowest BCUT2D eigenvalue weighted by molar-refractivity contribution is -0.384. The maximum atomic E-state index is 10.3. The van der Waals surface area contributed by atoms with Crippen LogP contribution in [0, 0.1) is 21.4 Å². The van der Waals surface area contributed by atoms with Crippen LogP contribution in [0.5, 0.6) is 0 Å². The lowest BCUT2D eigenvalue weighted by Crippen LogP contribution is -1.91. The van der Waals surface area contributed by atoms with E-state index in [2.05, 4.69) is 0 Å². The van der Waals surface area contributed by atoms with E-state index in [1.165, 1.54) is 18.2 Å². The maximum absolute atomic E-state index is 10.3. The molecule has 0 aliphatic carbocycles. The lowest BCUT2D eigenvalue weighted by atomic mass is 10.1. The molecule has 0 spiro atoms. The van der Waals surface area contributed by atoms with E-state index in [0.29, 0.717) is 5.56 Å². The van der Waals surface area contributed by atoms with Crippen molar-refractivity contribution >= 4 is 17.3 Å². The Morgan fingerprint density at radius 3 is 2.77 bits per heavy atom. The van der Waals surface area contributed by atoms with Crippen LogP contribution < -0.4 is 0 Å². The number of alkyl halides is 1. The highest BCUT2D eigenvalue weighted by atomic mass is 35.5. The van der Waals surface area contributed by atoms with Gasteiger partial charge in [0.05, 0.1) is 16.6 Å². The SMILES string of the molecule is N#Cc1cc([N+](=O)[O-])ccc1CCl. The zero-order valence-corrected chi connectivity index (χ0v) is 7.28. The molecule has 5 heteroatoms. The molecule has 0 N–H and O–H groups in total. The quantitative estimate of drug-likeness (QED) is 0.414. The van der Waals surface area contributed by atoms with Gasteiger partial charge in [0.25, 0.3) is 5.69 Å². The molecule has 0 saturated heterocycles. The Morgan fingerprint density at radius 1 is 1.62 bits per heavy atom. The molecule has 0 aromatic heterocycles. The highest BCUT2D eigenvalue weighted by Gasteiger charge is 2.09. The van der Waals surface area contributed by atoms with Crippen molar-refractivity contribution in [3.05, 3.63) is 39.4 Å². The summed E-state index contributed by atoms with van der Waals surface area (Å²) in [6.07, 6.45) is 0. The van der Waals surface area contributed by atoms with Crippen molar-refractivity contribution in [2.45, 2.75) is 5.88 Å². The molecule has 0 amide bonds. The molecule has 0 radical (unpaired) electrons. The van der Waals surface area contributed by atoms with Crippen LogP contribution in [0.3, 0.4) is 0 Å². The number of non-ortho nitro benzene ring substituents is 1. The minimum absolute atomic E-state index is 0.0922. The summed E-state index contributed by atoms with van der Waals surface area (Å²) in [6, 6.07) is 5.89. The van der Waals surface area contributed by atoms with E-state index in [1.54, 1.807) is 0 Å². The fraction of sp³-hybridized carbons (Fsp3) is 0.125. The van der Waals surface area contributed by atoms with Crippen LogP contribution in [-0.2, 0) is 5.88 Å². The highest BCUT2D eigenvalue weighted by molar-refractivity contribution is 6.17. The Kier molecular flexibility index (Phi) is 2.83. The van der Waals surface area contributed by atoms with Crippen LogP contribution in [0.1, 0.15) is 11.1 Å². The Labute approximate surface area is 79.5 Å². The first-order chi connectivity index (χ1) is 6.19. The van der Waals surface area contributed by atoms with Crippen molar-refractivity contribution in [1.29, 1.82) is 5.26 Å². The van der Waals surface area contributed by atoms with Crippen molar-refractivity contribution in [2.75, 3.05) is 0 Å². The first-order valence-corrected chi connectivity index (χ1v) is 3.96. The number of nitro groups is 1. The van der Waals surface area contributed by atoms with Crippen LogP contribution in [0.15, 0.2) is 18.2 Å². The van der Waals surface area contributed by atoms with Crippen LogP contribution >= 0.6 is 11.6 Å². The molecule has 0 aliphatic heterocycles. The van der Waals surface area contributed by atoms with Crippen molar-refractivity contribution in [2.24, 2.45) is 0 Å². The molecular formula is C8H5ClN2O2. The molecule has 0 bridgehead atoms. The van der Waals surface area contributed by atoms with E-state index in [1.807, 2.05) is 6.07 Å². The largest absolute Gasteiger partial charge is 0.270 e. The topological polar surface area (TPSA) is 66.9 Å². The monoisotopic (exact) mass is 196 g/mol. The van der Waals surface area contributed by atoms with E-state index < -0.39 is 4.92 Å². The van der Waals surface area contributed by atoms with Gasteiger partial charge in [-0.05, 0) is 11.6 Å². The minimum atomic E-state index is -0.543. The summed E-state index contributed by atoms with van der Waals surface area (Å²) in [7, 11) is 0. The van der Waals surface area contributed by atoms with Crippen LogP contribution in [0.2, 0.25) is 0 Å². The molecular weight excluding hydrogens is 192 g/mol. The second kappa shape index (κ2) is 3.87. The molecule has 0 heterocycles. The van der Waals surface area contributed by atoms with E-state index in [9.17, 15) is 10.1 Å². The Bertz CT molecular complexity index is 384. The minimum Gasteiger partial charge on any atom is -0.258 e. The summed E-state index contributed by atoms with van der Waals surface area (Å²) in [5.74, 6) is 0.181. The van der Waals surface area contributed by atoms with E-state index in [0.717, 1.165) is 0 Å². The van der Waals surface area contributed by atoms with E-state index in [-0.39, 0.29) is 17.1 Å². The Hall–Kier alpha value is -1.60. The van der Waals surface area contributed by atoms with Gasteiger partial charge in [-0.15, -0.1) is 11.6 Å². The molecule has 0 atom stereocenters. The molecule has 13 heavy (non-hydrogen) atoms. The Morgan fingerprint density at radius 2 is 2.31 bits per heavy atom. The standard InChI is InChI=1S/C8H5ClN2O2/c9-4-6-1-2-8(11(12)13)3-7(6)5-10/h1-3H,4H2. The van der Waals surface area contributed by atoms with Crippen LogP contribution in [-0.4, -0.2) is 4.92 Å².